The first kappa shape index (κ1) is 14.7. The maximum absolute atomic E-state index is 12.0. The second-order valence-electron chi connectivity index (χ2n) is 5.43. The van der Waals surface area contributed by atoms with Crippen LogP contribution in [0.15, 0.2) is 24.3 Å². The lowest BCUT2D eigenvalue weighted by Crippen LogP contribution is -2.06. The summed E-state index contributed by atoms with van der Waals surface area (Å²) in [4.78, 5) is 16.6. The average Bonchev–Trinajstić information content (AvgIpc) is 2.42. The summed E-state index contributed by atoms with van der Waals surface area (Å²) in [7, 11) is 0. The van der Waals surface area contributed by atoms with E-state index >= 15 is 0 Å². The molecule has 0 aliphatic heterocycles. The highest BCUT2D eigenvalue weighted by Crippen LogP contribution is 2.25. The summed E-state index contributed by atoms with van der Waals surface area (Å²) >= 11 is 0. The molecule has 0 radical (unpaired) electrons. The van der Waals surface area contributed by atoms with Gasteiger partial charge in [-0.05, 0) is 38.3 Å². The molecule has 0 unspecified atom stereocenters. The quantitative estimate of drug-likeness (QED) is 0.553. The predicted octanol–water partition coefficient (Wildman–Crippen LogP) is 4.87. The molecule has 1 heterocycles. The van der Waals surface area contributed by atoms with Crippen molar-refractivity contribution in [2.24, 2.45) is 0 Å². The van der Waals surface area contributed by atoms with Gasteiger partial charge in [-0.2, -0.15) is 0 Å². The second-order valence-corrected chi connectivity index (χ2v) is 5.43. The van der Waals surface area contributed by atoms with E-state index in [2.05, 4.69) is 18.0 Å². The fourth-order valence-corrected chi connectivity index (χ4v) is 2.87. The van der Waals surface area contributed by atoms with Crippen LogP contribution in [0.1, 0.15) is 61.1 Å². The van der Waals surface area contributed by atoms with Crippen LogP contribution in [0.5, 0.6) is 0 Å². The lowest BCUT2D eigenvalue weighted by molar-refractivity contribution is 0.101. The van der Waals surface area contributed by atoms with Gasteiger partial charge in [0.25, 0.3) is 0 Å². The van der Waals surface area contributed by atoms with Crippen molar-refractivity contribution < 1.29 is 4.79 Å². The summed E-state index contributed by atoms with van der Waals surface area (Å²) in [5.74, 6) is 0.131. The van der Waals surface area contributed by atoms with Crippen LogP contribution >= 0.6 is 0 Å². The third-order valence-corrected chi connectivity index (χ3v) is 3.81. The van der Waals surface area contributed by atoms with Crippen LogP contribution in [0, 0.1) is 6.92 Å². The topological polar surface area (TPSA) is 30.0 Å². The zero-order valence-corrected chi connectivity index (χ0v) is 12.7. The Kier molecular flexibility index (Phi) is 4.89. The number of pyridine rings is 1. The van der Waals surface area contributed by atoms with E-state index in [9.17, 15) is 4.79 Å². The van der Waals surface area contributed by atoms with Crippen LogP contribution in [0.2, 0.25) is 0 Å². The molecule has 0 saturated heterocycles. The molecule has 1 aromatic carbocycles. The summed E-state index contributed by atoms with van der Waals surface area (Å²) in [5, 5.41) is 1.14. The second kappa shape index (κ2) is 6.65. The van der Waals surface area contributed by atoms with E-state index in [1.54, 1.807) is 6.92 Å². The normalized spacial score (nSPS) is 10.9. The number of ketones is 1. The number of unbranched alkanes of at least 4 members (excludes halogenated alkanes) is 3. The first-order valence-electron chi connectivity index (χ1n) is 7.54. The lowest BCUT2D eigenvalue weighted by Gasteiger charge is -2.13. The van der Waals surface area contributed by atoms with Gasteiger partial charge in [0.15, 0.2) is 5.78 Å². The lowest BCUT2D eigenvalue weighted by atomic mass is 9.94. The van der Waals surface area contributed by atoms with Gasteiger partial charge in [0.1, 0.15) is 0 Å². The molecule has 0 aliphatic carbocycles. The molecular formula is C18H23NO. The van der Waals surface area contributed by atoms with Crippen LogP contribution in [-0.2, 0) is 6.42 Å². The van der Waals surface area contributed by atoms with E-state index < -0.39 is 0 Å². The predicted molar refractivity (Wildman–Crippen MR) is 84.3 cm³/mol. The standard InChI is InChI=1S/C18H23NO/c1-4-5-6-7-11-16-15-10-8-9-12-17(15)19-13(2)18(16)14(3)20/h8-10,12H,4-7,11H2,1-3H3. The summed E-state index contributed by atoms with van der Waals surface area (Å²) in [6.45, 7) is 5.81. The highest BCUT2D eigenvalue weighted by atomic mass is 16.1. The first-order chi connectivity index (χ1) is 9.65. The van der Waals surface area contributed by atoms with Gasteiger partial charge in [0.2, 0.25) is 0 Å². The molecule has 0 saturated carbocycles. The van der Waals surface area contributed by atoms with Crippen LogP contribution in [0.4, 0.5) is 0 Å². The van der Waals surface area contributed by atoms with E-state index in [4.69, 9.17) is 0 Å². The number of benzene rings is 1. The average molecular weight is 269 g/mol. The van der Waals surface area contributed by atoms with Gasteiger partial charge < -0.3 is 0 Å². The summed E-state index contributed by atoms with van der Waals surface area (Å²) in [6.07, 6.45) is 5.83. The number of para-hydroxylation sites is 1. The highest BCUT2D eigenvalue weighted by Gasteiger charge is 2.15. The number of rotatable bonds is 6. The molecule has 0 N–H and O–H groups in total. The molecule has 2 heteroatoms. The molecule has 1 aromatic heterocycles. The summed E-state index contributed by atoms with van der Waals surface area (Å²) in [6, 6.07) is 8.15. The van der Waals surface area contributed by atoms with Crippen molar-refractivity contribution in [1.29, 1.82) is 0 Å². The Morgan fingerprint density at radius 1 is 1.15 bits per heavy atom. The molecule has 0 amide bonds. The van der Waals surface area contributed by atoms with Crippen LogP contribution < -0.4 is 0 Å². The number of aryl methyl sites for hydroxylation is 2. The number of hydrogen-bond acceptors (Lipinski definition) is 2. The number of aromatic nitrogens is 1. The van der Waals surface area contributed by atoms with Crippen molar-refractivity contribution in [3.8, 4) is 0 Å². The fraction of sp³-hybridized carbons (Fsp3) is 0.444. The molecule has 0 spiro atoms. The number of carbonyl (C=O) groups is 1. The Morgan fingerprint density at radius 2 is 1.90 bits per heavy atom. The molecule has 2 nitrogen and oxygen atoms in total. The van der Waals surface area contributed by atoms with Crippen molar-refractivity contribution in [1.82, 2.24) is 4.98 Å². The maximum atomic E-state index is 12.0. The molecule has 0 bridgehead atoms. The SMILES string of the molecule is CCCCCCc1c(C(C)=O)c(C)nc2ccccc12. The molecular weight excluding hydrogens is 246 g/mol. The van der Waals surface area contributed by atoms with Gasteiger partial charge in [-0.1, -0.05) is 44.4 Å². The number of hydrogen-bond donors (Lipinski definition) is 0. The van der Waals surface area contributed by atoms with Gasteiger partial charge in [0, 0.05) is 16.6 Å². The largest absolute Gasteiger partial charge is 0.294 e. The van der Waals surface area contributed by atoms with Crippen LogP contribution in [0.3, 0.4) is 0 Å². The molecule has 0 atom stereocenters. The van der Waals surface area contributed by atoms with Gasteiger partial charge in [-0.15, -0.1) is 0 Å². The van der Waals surface area contributed by atoms with Crippen molar-refractivity contribution in [3.63, 3.8) is 0 Å². The smallest absolute Gasteiger partial charge is 0.161 e. The minimum absolute atomic E-state index is 0.131. The van der Waals surface area contributed by atoms with E-state index in [0.717, 1.165) is 35.0 Å². The zero-order valence-electron chi connectivity index (χ0n) is 12.7. The Balaban J connectivity index is 2.46. The molecule has 0 fully saturated rings. The van der Waals surface area contributed by atoms with Crippen molar-refractivity contribution in [3.05, 3.63) is 41.1 Å². The van der Waals surface area contributed by atoms with E-state index in [-0.39, 0.29) is 5.78 Å². The minimum atomic E-state index is 0.131. The van der Waals surface area contributed by atoms with Crippen LogP contribution in [-0.4, -0.2) is 10.8 Å². The third-order valence-electron chi connectivity index (χ3n) is 3.81. The number of carbonyl (C=O) groups excluding carboxylic acids is 1. The van der Waals surface area contributed by atoms with E-state index in [1.165, 1.54) is 24.8 Å². The number of Topliss-reactive ketones (excluding diaryl/α,β-unsaturated/α-hetero) is 1. The van der Waals surface area contributed by atoms with E-state index in [1.807, 2.05) is 25.1 Å². The molecule has 20 heavy (non-hydrogen) atoms. The molecule has 0 aliphatic rings. The Labute approximate surface area is 121 Å². The van der Waals surface area contributed by atoms with E-state index in [0.29, 0.717) is 0 Å². The van der Waals surface area contributed by atoms with Crippen molar-refractivity contribution in [2.75, 3.05) is 0 Å². The highest BCUT2D eigenvalue weighted by molar-refractivity contribution is 6.01. The monoisotopic (exact) mass is 269 g/mol. The third kappa shape index (κ3) is 3.06. The van der Waals surface area contributed by atoms with Gasteiger partial charge in [0.05, 0.1) is 5.52 Å². The van der Waals surface area contributed by atoms with Crippen molar-refractivity contribution in [2.45, 2.75) is 52.9 Å². The minimum Gasteiger partial charge on any atom is -0.294 e. The fourth-order valence-electron chi connectivity index (χ4n) is 2.87. The van der Waals surface area contributed by atoms with Gasteiger partial charge >= 0.3 is 0 Å². The molecule has 2 aromatic rings. The first-order valence-corrected chi connectivity index (χ1v) is 7.54. The van der Waals surface area contributed by atoms with Crippen molar-refractivity contribution >= 4 is 16.7 Å². The van der Waals surface area contributed by atoms with Gasteiger partial charge in [-0.3, -0.25) is 9.78 Å². The Bertz CT molecular complexity index is 616. The summed E-state index contributed by atoms with van der Waals surface area (Å²) < 4.78 is 0. The zero-order chi connectivity index (χ0) is 14.5. The van der Waals surface area contributed by atoms with Crippen LogP contribution in [0.25, 0.3) is 10.9 Å². The molecule has 2 rings (SSSR count). The van der Waals surface area contributed by atoms with Gasteiger partial charge in [-0.25, -0.2) is 0 Å². The Hall–Kier alpha value is -1.70. The molecule has 106 valence electrons. The Morgan fingerprint density at radius 3 is 2.60 bits per heavy atom. The number of fused-ring (bicyclic) bond motifs is 1. The number of nitrogens with zero attached hydrogens (tertiary/aromatic N) is 1. The summed E-state index contributed by atoms with van der Waals surface area (Å²) in [5.41, 5.74) is 3.89. The maximum Gasteiger partial charge on any atom is 0.161 e.